The monoisotopic (exact) mass is 248 g/mol. The molecule has 0 aliphatic carbocycles. The Kier molecular flexibility index (Phi) is 3.50. The quantitative estimate of drug-likeness (QED) is 0.703. The van der Waals surface area contributed by atoms with Crippen LogP contribution >= 0.6 is 0 Å². The molecule has 2 amide bonds. The molecule has 0 bridgehead atoms. The maximum atomic E-state index is 11.9. The normalized spacial score (nSPS) is 18.5. The zero-order valence-corrected chi connectivity index (χ0v) is 10.2. The molecule has 1 aliphatic heterocycles. The summed E-state index contributed by atoms with van der Waals surface area (Å²) in [6.07, 6.45) is 1.70. The number of aryl methyl sites for hydroxylation is 1. The predicted octanol–water partition coefficient (Wildman–Crippen LogP) is 1.17. The number of carbonyl (C=O) groups is 2. The molecular weight excluding hydrogens is 232 g/mol. The van der Waals surface area contributed by atoms with E-state index in [1.807, 2.05) is 13.0 Å². The number of hydrogen-bond donors (Lipinski definition) is 3. The summed E-state index contributed by atoms with van der Waals surface area (Å²) in [6.45, 7) is 2.00. The van der Waals surface area contributed by atoms with E-state index in [4.69, 9.17) is 0 Å². The van der Waals surface area contributed by atoms with Crippen molar-refractivity contribution in [2.24, 2.45) is 0 Å². The van der Waals surface area contributed by atoms with Crippen LogP contribution in [0.4, 0.5) is 5.69 Å². The van der Waals surface area contributed by atoms with Crippen LogP contribution in [-0.4, -0.2) is 23.0 Å². The van der Waals surface area contributed by atoms with E-state index >= 15 is 0 Å². The average Bonchev–Trinajstić information content (AvgIpc) is 2.79. The number of anilines is 1. The number of hydrogen-bond acceptors (Lipinski definition) is 3. The van der Waals surface area contributed by atoms with E-state index in [2.05, 4.69) is 10.6 Å². The largest absolute Gasteiger partial charge is 0.506 e. The van der Waals surface area contributed by atoms with E-state index in [1.54, 1.807) is 12.1 Å². The van der Waals surface area contributed by atoms with Crippen LogP contribution in [0.1, 0.15) is 25.3 Å². The Hall–Kier alpha value is -2.04. The SMILES string of the molecule is CCc1ccc(O)c(NC(=O)C2CCC(=O)N2)c1. The summed E-state index contributed by atoms with van der Waals surface area (Å²) < 4.78 is 0. The fourth-order valence-corrected chi connectivity index (χ4v) is 1.93. The van der Waals surface area contributed by atoms with E-state index in [9.17, 15) is 14.7 Å². The molecule has 1 aromatic carbocycles. The highest BCUT2D eigenvalue weighted by Crippen LogP contribution is 2.25. The van der Waals surface area contributed by atoms with Crippen molar-refractivity contribution < 1.29 is 14.7 Å². The summed E-state index contributed by atoms with van der Waals surface area (Å²) in [5.74, 6) is -0.365. The van der Waals surface area contributed by atoms with Crippen LogP contribution in [0.3, 0.4) is 0 Å². The van der Waals surface area contributed by atoms with Crippen LogP contribution in [0.5, 0.6) is 5.75 Å². The maximum absolute atomic E-state index is 11.9. The molecule has 0 aromatic heterocycles. The molecule has 1 aromatic rings. The maximum Gasteiger partial charge on any atom is 0.247 e. The van der Waals surface area contributed by atoms with Crippen molar-refractivity contribution in [3.63, 3.8) is 0 Å². The van der Waals surface area contributed by atoms with Gasteiger partial charge in [0, 0.05) is 6.42 Å². The van der Waals surface area contributed by atoms with Gasteiger partial charge >= 0.3 is 0 Å². The third-order valence-corrected chi connectivity index (χ3v) is 3.04. The van der Waals surface area contributed by atoms with Gasteiger partial charge < -0.3 is 15.7 Å². The van der Waals surface area contributed by atoms with Crippen LogP contribution in [0.15, 0.2) is 18.2 Å². The van der Waals surface area contributed by atoms with Crippen LogP contribution in [0.25, 0.3) is 0 Å². The average molecular weight is 248 g/mol. The molecule has 1 fully saturated rings. The fourth-order valence-electron chi connectivity index (χ4n) is 1.93. The Labute approximate surface area is 105 Å². The first-order valence-electron chi connectivity index (χ1n) is 6.02. The molecule has 5 nitrogen and oxygen atoms in total. The van der Waals surface area contributed by atoms with E-state index in [1.165, 1.54) is 0 Å². The summed E-state index contributed by atoms with van der Waals surface area (Å²) in [7, 11) is 0. The molecule has 1 saturated heterocycles. The Balaban J connectivity index is 2.09. The van der Waals surface area contributed by atoms with E-state index in [-0.39, 0.29) is 17.6 Å². The Bertz CT molecular complexity index is 485. The highest BCUT2D eigenvalue weighted by atomic mass is 16.3. The van der Waals surface area contributed by atoms with Gasteiger partial charge in [0.05, 0.1) is 5.69 Å². The van der Waals surface area contributed by atoms with Gasteiger partial charge in [-0.05, 0) is 30.5 Å². The van der Waals surface area contributed by atoms with Crippen LogP contribution in [-0.2, 0) is 16.0 Å². The van der Waals surface area contributed by atoms with Gasteiger partial charge in [-0.2, -0.15) is 0 Å². The van der Waals surface area contributed by atoms with Crippen LogP contribution < -0.4 is 10.6 Å². The predicted molar refractivity (Wildman–Crippen MR) is 67.3 cm³/mol. The molecule has 1 unspecified atom stereocenters. The fraction of sp³-hybridized carbons (Fsp3) is 0.385. The molecular formula is C13H16N2O3. The lowest BCUT2D eigenvalue weighted by Gasteiger charge is -2.12. The summed E-state index contributed by atoms with van der Waals surface area (Å²) in [6, 6.07) is 4.61. The number of phenols is 1. The number of benzene rings is 1. The van der Waals surface area contributed by atoms with Gasteiger partial charge in [0.15, 0.2) is 0 Å². The van der Waals surface area contributed by atoms with E-state index < -0.39 is 6.04 Å². The lowest BCUT2D eigenvalue weighted by molar-refractivity contribution is -0.122. The Morgan fingerprint density at radius 1 is 1.56 bits per heavy atom. The second kappa shape index (κ2) is 5.08. The summed E-state index contributed by atoms with van der Waals surface area (Å²) >= 11 is 0. The number of nitrogens with one attached hydrogen (secondary N) is 2. The second-order valence-electron chi connectivity index (χ2n) is 4.35. The lowest BCUT2D eigenvalue weighted by Crippen LogP contribution is -2.37. The first-order valence-corrected chi connectivity index (χ1v) is 6.02. The molecule has 18 heavy (non-hydrogen) atoms. The van der Waals surface area contributed by atoms with Gasteiger partial charge in [0.25, 0.3) is 0 Å². The van der Waals surface area contributed by atoms with Crippen molar-refractivity contribution in [1.82, 2.24) is 5.32 Å². The smallest absolute Gasteiger partial charge is 0.247 e. The van der Waals surface area contributed by atoms with Gasteiger partial charge in [0.1, 0.15) is 11.8 Å². The highest BCUT2D eigenvalue weighted by molar-refractivity contribution is 5.99. The number of aromatic hydroxyl groups is 1. The van der Waals surface area contributed by atoms with Crippen LogP contribution in [0.2, 0.25) is 0 Å². The second-order valence-corrected chi connectivity index (χ2v) is 4.35. The van der Waals surface area contributed by atoms with Crippen molar-refractivity contribution in [2.75, 3.05) is 5.32 Å². The zero-order valence-electron chi connectivity index (χ0n) is 10.2. The molecule has 3 N–H and O–H groups in total. The molecule has 0 saturated carbocycles. The molecule has 5 heteroatoms. The molecule has 1 aliphatic rings. The molecule has 1 atom stereocenters. The van der Waals surface area contributed by atoms with Crippen molar-refractivity contribution >= 4 is 17.5 Å². The first kappa shape index (κ1) is 12.4. The Morgan fingerprint density at radius 2 is 2.33 bits per heavy atom. The minimum absolute atomic E-state index is 0.0323. The summed E-state index contributed by atoms with van der Waals surface area (Å²) in [5.41, 5.74) is 1.42. The molecule has 0 radical (unpaired) electrons. The molecule has 96 valence electrons. The zero-order chi connectivity index (χ0) is 13.1. The number of phenolic OH excluding ortho intramolecular Hbond substituents is 1. The van der Waals surface area contributed by atoms with Crippen molar-refractivity contribution in [2.45, 2.75) is 32.2 Å². The van der Waals surface area contributed by atoms with Crippen molar-refractivity contribution in [1.29, 1.82) is 0 Å². The minimum atomic E-state index is -0.498. The van der Waals surface area contributed by atoms with E-state index in [0.717, 1.165) is 12.0 Å². The molecule has 2 rings (SSSR count). The highest BCUT2D eigenvalue weighted by Gasteiger charge is 2.27. The van der Waals surface area contributed by atoms with Gasteiger partial charge in [-0.3, -0.25) is 9.59 Å². The lowest BCUT2D eigenvalue weighted by atomic mass is 10.1. The van der Waals surface area contributed by atoms with Gasteiger partial charge in [-0.1, -0.05) is 13.0 Å². The van der Waals surface area contributed by atoms with Crippen LogP contribution in [0, 0.1) is 0 Å². The third kappa shape index (κ3) is 2.61. The summed E-state index contributed by atoms with van der Waals surface area (Å²) in [4.78, 5) is 22.9. The first-order chi connectivity index (χ1) is 8.60. The standard InChI is InChI=1S/C13H16N2O3/c1-2-8-3-5-11(16)10(7-8)15-13(18)9-4-6-12(17)14-9/h3,5,7,9,16H,2,4,6H2,1H3,(H,14,17)(H,15,18). The minimum Gasteiger partial charge on any atom is -0.506 e. The third-order valence-electron chi connectivity index (χ3n) is 3.04. The number of amides is 2. The number of carbonyl (C=O) groups excluding carboxylic acids is 2. The summed E-state index contributed by atoms with van der Waals surface area (Å²) in [5, 5.41) is 14.9. The van der Waals surface area contributed by atoms with Crippen molar-refractivity contribution in [3.05, 3.63) is 23.8 Å². The van der Waals surface area contributed by atoms with Crippen molar-refractivity contribution in [3.8, 4) is 5.75 Å². The number of rotatable bonds is 3. The molecule has 1 heterocycles. The molecule has 0 spiro atoms. The van der Waals surface area contributed by atoms with Gasteiger partial charge in [-0.15, -0.1) is 0 Å². The van der Waals surface area contributed by atoms with Gasteiger partial charge in [-0.25, -0.2) is 0 Å². The topological polar surface area (TPSA) is 78.4 Å². The van der Waals surface area contributed by atoms with Gasteiger partial charge in [0.2, 0.25) is 11.8 Å². The Morgan fingerprint density at radius 3 is 2.94 bits per heavy atom. The van der Waals surface area contributed by atoms with E-state index in [0.29, 0.717) is 18.5 Å².